The Hall–Kier alpha value is -1.53. The smallest absolute Gasteiger partial charge is 0.193 e. The van der Waals surface area contributed by atoms with E-state index in [-0.39, 0.29) is 6.04 Å². The number of rotatable bonds is 4. The zero-order valence-corrected chi connectivity index (χ0v) is 16.0. The van der Waals surface area contributed by atoms with E-state index < -0.39 is 0 Å². The van der Waals surface area contributed by atoms with Gasteiger partial charge in [-0.15, -0.1) is 0 Å². The van der Waals surface area contributed by atoms with Gasteiger partial charge in [0.15, 0.2) is 5.96 Å². The van der Waals surface area contributed by atoms with Gasteiger partial charge < -0.3 is 19.4 Å². The number of nitrogens with one attached hydrogen (secondary N) is 1. The van der Waals surface area contributed by atoms with E-state index in [0.717, 1.165) is 63.4 Å². The van der Waals surface area contributed by atoms with Crippen LogP contribution in [0.1, 0.15) is 37.8 Å². The molecule has 3 heterocycles. The van der Waals surface area contributed by atoms with Gasteiger partial charge in [0.05, 0.1) is 19.3 Å². The second-order valence-electron chi connectivity index (χ2n) is 7.88. The molecular formula is C19H32N4O2. The van der Waals surface area contributed by atoms with Crippen LogP contribution in [0.2, 0.25) is 0 Å². The highest BCUT2D eigenvalue weighted by molar-refractivity contribution is 5.80. The third-order valence-corrected chi connectivity index (χ3v) is 5.22. The van der Waals surface area contributed by atoms with Gasteiger partial charge in [0.1, 0.15) is 11.5 Å². The van der Waals surface area contributed by atoms with Gasteiger partial charge in [-0.2, -0.15) is 0 Å². The molecular weight excluding hydrogens is 316 g/mol. The van der Waals surface area contributed by atoms with E-state index >= 15 is 0 Å². The Morgan fingerprint density at radius 3 is 2.60 bits per heavy atom. The first-order valence-corrected chi connectivity index (χ1v) is 9.32. The lowest BCUT2D eigenvalue weighted by Crippen LogP contribution is -2.47. The number of hydrogen-bond donors (Lipinski definition) is 1. The number of aliphatic imine (C=N–C) groups is 1. The molecule has 0 amide bonds. The van der Waals surface area contributed by atoms with Gasteiger partial charge in [-0.25, -0.2) is 0 Å². The van der Waals surface area contributed by atoms with Gasteiger partial charge in [-0.05, 0) is 30.9 Å². The maximum atomic E-state index is 5.95. The van der Waals surface area contributed by atoms with Crippen molar-refractivity contribution in [2.75, 3.05) is 53.0 Å². The molecule has 6 nitrogen and oxygen atoms in total. The van der Waals surface area contributed by atoms with Crippen molar-refractivity contribution in [3.63, 3.8) is 0 Å². The number of nitrogens with zero attached hydrogens (tertiary/aromatic N) is 3. The Kier molecular flexibility index (Phi) is 5.69. The Morgan fingerprint density at radius 2 is 2.04 bits per heavy atom. The summed E-state index contributed by atoms with van der Waals surface area (Å²) >= 11 is 0. The van der Waals surface area contributed by atoms with Crippen LogP contribution in [0.25, 0.3) is 0 Å². The predicted octanol–water partition coefficient (Wildman–Crippen LogP) is 2.27. The monoisotopic (exact) mass is 348 g/mol. The Balaban J connectivity index is 1.67. The molecule has 1 atom stereocenters. The summed E-state index contributed by atoms with van der Waals surface area (Å²) in [6.45, 7) is 13.0. The zero-order valence-electron chi connectivity index (χ0n) is 16.0. The van der Waals surface area contributed by atoms with Crippen LogP contribution in [0, 0.1) is 12.3 Å². The van der Waals surface area contributed by atoms with Crippen LogP contribution in [0.15, 0.2) is 21.5 Å². The van der Waals surface area contributed by atoms with Crippen molar-refractivity contribution < 1.29 is 9.15 Å². The van der Waals surface area contributed by atoms with Gasteiger partial charge in [0, 0.05) is 39.8 Å². The molecule has 0 bridgehead atoms. The number of aryl methyl sites for hydroxylation is 1. The molecule has 0 saturated carbocycles. The van der Waals surface area contributed by atoms with E-state index in [0.29, 0.717) is 5.41 Å². The minimum absolute atomic E-state index is 0.199. The van der Waals surface area contributed by atoms with E-state index in [1.165, 1.54) is 6.42 Å². The molecule has 0 aromatic carbocycles. The van der Waals surface area contributed by atoms with Gasteiger partial charge in [-0.1, -0.05) is 13.8 Å². The Morgan fingerprint density at radius 1 is 1.28 bits per heavy atom. The van der Waals surface area contributed by atoms with Crippen molar-refractivity contribution in [3.8, 4) is 0 Å². The van der Waals surface area contributed by atoms with Crippen LogP contribution in [0.5, 0.6) is 0 Å². The Bertz CT molecular complexity index is 590. The lowest BCUT2D eigenvalue weighted by atomic mass is 9.93. The van der Waals surface area contributed by atoms with E-state index in [4.69, 9.17) is 9.15 Å². The van der Waals surface area contributed by atoms with Crippen molar-refractivity contribution >= 4 is 5.96 Å². The third kappa shape index (κ3) is 4.55. The van der Waals surface area contributed by atoms with Crippen LogP contribution >= 0.6 is 0 Å². The van der Waals surface area contributed by atoms with E-state index in [1.807, 2.05) is 20.0 Å². The molecule has 2 aliphatic heterocycles. The largest absolute Gasteiger partial charge is 0.465 e. The average molecular weight is 348 g/mol. The number of likely N-dealkylation sites (tertiary alicyclic amines) is 1. The highest BCUT2D eigenvalue weighted by atomic mass is 16.5. The fraction of sp³-hybridized carbons (Fsp3) is 0.737. The van der Waals surface area contributed by atoms with Gasteiger partial charge >= 0.3 is 0 Å². The number of ether oxygens (including phenoxy) is 1. The van der Waals surface area contributed by atoms with Gasteiger partial charge in [0.25, 0.3) is 0 Å². The first-order valence-electron chi connectivity index (χ1n) is 9.32. The number of furan rings is 1. The fourth-order valence-corrected chi connectivity index (χ4v) is 3.74. The molecule has 1 aromatic rings. The van der Waals surface area contributed by atoms with Gasteiger partial charge in [0.2, 0.25) is 0 Å². The summed E-state index contributed by atoms with van der Waals surface area (Å²) < 4.78 is 11.5. The molecule has 2 saturated heterocycles. The molecule has 0 spiro atoms. The SMILES string of the molecule is CN=C(NCC(c1ccc(C)o1)N1CCOCC1)N1CCC(C)(C)C1. The zero-order chi connectivity index (χ0) is 17.9. The molecule has 2 aliphatic rings. The highest BCUT2D eigenvalue weighted by Crippen LogP contribution is 2.29. The van der Waals surface area contributed by atoms with Crippen LogP contribution in [-0.2, 0) is 4.74 Å². The van der Waals surface area contributed by atoms with E-state index in [2.05, 4.69) is 40.0 Å². The highest BCUT2D eigenvalue weighted by Gasteiger charge is 2.32. The summed E-state index contributed by atoms with van der Waals surface area (Å²) in [5, 5.41) is 3.59. The van der Waals surface area contributed by atoms with Crippen LogP contribution < -0.4 is 5.32 Å². The molecule has 3 rings (SSSR count). The maximum Gasteiger partial charge on any atom is 0.193 e. The standard InChI is InChI=1S/C19H32N4O2/c1-15-5-6-17(25-15)16(22-9-11-24-12-10-22)13-21-18(20-4)23-8-7-19(2,3)14-23/h5-6,16H,7-14H2,1-4H3,(H,20,21). The summed E-state index contributed by atoms with van der Waals surface area (Å²) in [6.07, 6.45) is 1.21. The van der Waals surface area contributed by atoms with Crippen molar-refractivity contribution in [2.24, 2.45) is 10.4 Å². The summed E-state index contributed by atoms with van der Waals surface area (Å²) in [5.41, 5.74) is 0.360. The molecule has 25 heavy (non-hydrogen) atoms. The normalized spacial score (nSPS) is 23.0. The lowest BCUT2D eigenvalue weighted by molar-refractivity contribution is 0.0123. The first-order chi connectivity index (χ1) is 12.0. The van der Waals surface area contributed by atoms with Crippen LogP contribution in [0.3, 0.4) is 0 Å². The third-order valence-electron chi connectivity index (χ3n) is 5.22. The first kappa shape index (κ1) is 18.3. The number of hydrogen-bond acceptors (Lipinski definition) is 4. The number of morpholine rings is 1. The van der Waals surface area contributed by atoms with Crippen LogP contribution in [-0.4, -0.2) is 68.7 Å². The van der Waals surface area contributed by atoms with Crippen molar-refractivity contribution in [1.29, 1.82) is 0 Å². The maximum absolute atomic E-state index is 5.95. The minimum atomic E-state index is 0.199. The second kappa shape index (κ2) is 7.79. The predicted molar refractivity (Wildman–Crippen MR) is 99.9 cm³/mol. The van der Waals surface area contributed by atoms with Crippen molar-refractivity contribution in [3.05, 3.63) is 23.7 Å². The minimum Gasteiger partial charge on any atom is -0.465 e. The molecule has 6 heteroatoms. The topological polar surface area (TPSA) is 53.2 Å². The molecule has 1 unspecified atom stereocenters. The Labute approximate surface area is 151 Å². The van der Waals surface area contributed by atoms with Crippen molar-refractivity contribution in [1.82, 2.24) is 15.1 Å². The molecule has 0 radical (unpaired) electrons. The second-order valence-corrected chi connectivity index (χ2v) is 7.88. The average Bonchev–Trinajstić information content (AvgIpc) is 3.18. The molecule has 140 valence electrons. The molecule has 1 N–H and O–H groups in total. The summed E-state index contributed by atoms with van der Waals surface area (Å²) in [5.74, 6) is 2.97. The van der Waals surface area contributed by atoms with E-state index in [1.54, 1.807) is 0 Å². The summed E-state index contributed by atoms with van der Waals surface area (Å²) in [6, 6.07) is 4.34. The van der Waals surface area contributed by atoms with Crippen LogP contribution in [0.4, 0.5) is 0 Å². The fourth-order valence-electron chi connectivity index (χ4n) is 3.74. The lowest BCUT2D eigenvalue weighted by Gasteiger charge is -2.34. The molecule has 0 aliphatic carbocycles. The quantitative estimate of drug-likeness (QED) is 0.668. The molecule has 2 fully saturated rings. The van der Waals surface area contributed by atoms with Gasteiger partial charge in [-0.3, -0.25) is 9.89 Å². The molecule has 1 aromatic heterocycles. The number of guanidine groups is 1. The van der Waals surface area contributed by atoms with Crippen molar-refractivity contribution in [2.45, 2.75) is 33.2 Å². The van der Waals surface area contributed by atoms with E-state index in [9.17, 15) is 0 Å². The summed E-state index contributed by atoms with van der Waals surface area (Å²) in [4.78, 5) is 9.31. The summed E-state index contributed by atoms with van der Waals surface area (Å²) in [7, 11) is 1.87.